The zero-order valence-corrected chi connectivity index (χ0v) is 12.0. The highest BCUT2D eigenvalue weighted by atomic mass is 32.2. The molecular formula is C11H25NO4S. The van der Waals surface area contributed by atoms with Crippen LogP contribution in [0.15, 0.2) is 0 Å². The molecule has 0 spiro atoms. The van der Waals surface area contributed by atoms with E-state index in [-0.39, 0.29) is 23.7 Å². The lowest BCUT2D eigenvalue weighted by Crippen LogP contribution is -2.31. The van der Waals surface area contributed by atoms with E-state index in [1.54, 1.807) is 0 Å². The Morgan fingerprint density at radius 2 is 1.76 bits per heavy atom. The first-order chi connectivity index (χ1) is 7.76. The largest absolute Gasteiger partial charge is 0.379 e. The maximum Gasteiger partial charge on any atom is 0.209 e. The van der Waals surface area contributed by atoms with E-state index in [0.717, 1.165) is 0 Å². The van der Waals surface area contributed by atoms with Crippen LogP contribution in [0.25, 0.3) is 0 Å². The van der Waals surface area contributed by atoms with Crippen LogP contribution in [0.2, 0.25) is 0 Å². The maximum atomic E-state index is 11.1. The van der Waals surface area contributed by atoms with Crippen LogP contribution in [0.5, 0.6) is 0 Å². The molecule has 104 valence electrons. The summed E-state index contributed by atoms with van der Waals surface area (Å²) >= 11 is 0. The molecule has 0 aliphatic carbocycles. The van der Waals surface area contributed by atoms with Gasteiger partial charge in [0.15, 0.2) is 0 Å². The molecule has 0 fully saturated rings. The van der Waals surface area contributed by atoms with Crippen LogP contribution >= 0.6 is 0 Å². The number of hydrogen-bond acceptors (Lipinski definition) is 4. The third-order valence-corrected chi connectivity index (χ3v) is 3.43. The molecular weight excluding hydrogens is 242 g/mol. The summed E-state index contributed by atoms with van der Waals surface area (Å²) in [6, 6.07) is 0. The standard InChI is InChI=1S/C11H25NO4S/c1-5-15-6-10(4)16-7-11(9(2)3)8-17(12,13)14/h9-11H,5-8H2,1-4H3,(H2,12,13,14). The average molecular weight is 267 g/mol. The third kappa shape index (κ3) is 9.52. The molecule has 2 N–H and O–H groups in total. The zero-order chi connectivity index (χ0) is 13.5. The number of nitrogens with two attached hydrogens (primary N) is 1. The smallest absolute Gasteiger partial charge is 0.209 e. The molecule has 0 amide bonds. The average Bonchev–Trinajstić information content (AvgIpc) is 2.19. The van der Waals surface area contributed by atoms with Gasteiger partial charge in [-0.3, -0.25) is 0 Å². The van der Waals surface area contributed by atoms with E-state index in [2.05, 4.69) is 0 Å². The van der Waals surface area contributed by atoms with Crippen molar-refractivity contribution in [3.63, 3.8) is 0 Å². The van der Waals surface area contributed by atoms with Gasteiger partial charge >= 0.3 is 0 Å². The van der Waals surface area contributed by atoms with E-state index in [4.69, 9.17) is 14.6 Å². The second-order valence-corrected chi connectivity index (χ2v) is 6.30. The number of hydrogen-bond donors (Lipinski definition) is 1. The van der Waals surface area contributed by atoms with Crippen molar-refractivity contribution in [2.45, 2.75) is 33.8 Å². The van der Waals surface area contributed by atoms with Crippen LogP contribution in [0.1, 0.15) is 27.7 Å². The molecule has 0 aliphatic rings. The van der Waals surface area contributed by atoms with E-state index in [9.17, 15) is 8.42 Å². The van der Waals surface area contributed by atoms with Crippen LogP contribution in [0.3, 0.4) is 0 Å². The Kier molecular flexibility index (Phi) is 7.94. The van der Waals surface area contributed by atoms with Gasteiger partial charge in [-0.1, -0.05) is 13.8 Å². The second kappa shape index (κ2) is 8.02. The molecule has 0 aliphatic heterocycles. The Bertz CT molecular complexity index is 290. The molecule has 0 heterocycles. The molecule has 0 bridgehead atoms. The summed E-state index contributed by atoms with van der Waals surface area (Å²) < 4.78 is 32.9. The number of sulfonamides is 1. The van der Waals surface area contributed by atoms with E-state index < -0.39 is 10.0 Å². The van der Waals surface area contributed by atoms with E-state index in [0.29, 0.717) is 19.8 Å². The molecule has 2 unspecified atom stereocenters. The van der Waals surface area contributed by atoms with Crippen molar-refractivity contribution >= 4 is 10.0 Å². The molecule has 0 rings (SSSR count). The van der Waals surface area contributed by atoms with Gasteiger partial charge in [0.2, 0.25) is 10.0 Å². The Morgan fingerprint density at radius 1 is 1.18 bits per heavy atom. The predicted molar refractivity (Wildman–Crippen MR) is 68.2 cm³/mol. The topological polar surface area (TPSA) is 78.6 Å². The lowest BCUT2D eigenvalue weighted by atomic mass is 9.99. The van der Waals surface area contributed by atoms with Gasteiger partial charge in [0.05, 0.1) is 25.1 Å². The number of ether oxygens (including phenoxy) is 2. The molecule has 0 aromatic carbocycles. The normalized spacial score (nSPS) is 16.1. The lowest BCUT2D eigenvalue weighted by Gasteiger charge is -2.22. The van der Waals surface area contributed by atoms with E-state index >= 15 is 0 Å². The van der Waals surface area contributed by atoms with Gasteiger partial charge in [-0.2, -0.15) is 0 Å². The summed E-state index contributed by atoms with van der Waals surface area (Å²) in [5.74, 6) is 0.105. The summed E-state index contributed by atoms with van der Waals surface area (Å²) in [7, 11) is -3.44. The summed E-state index contributed by atoms with van der Waals surface area (Å²) in [6.07, 6.45) is -0.0309. The fourth-order valence-electron chi connectivity index (χ4n) is 1.35. The van der Waals surface area contributed by atoms with Crippen LogP contribution in [0, 0.1) is 11.8 Å². The number of rotatable bonds is 9. The zero-order valence-electron chi connectivity index (χ0n) is 11.2. The first kappa shape index (κ1) is 16.8. The highest BCUT2D eigenvalue weighted by molar-refractivity contribution is 7.89. The van der Waals surface area contributed by atoms with Crippen molar-refractivity contribution in [1.29, 1.82) is 0 Å². The fourth-order valence-corrected chi connectivity index (χ4v) is 2.43. The summed E-state index contributed by atoms with van der Waals surface area (Å²) in [6.45, 7) is 9.32. The van der Waals surface area contributed by atoms with Crippen LogP contribution < -0.4 is 5.14 Å². The second-order valence-electron chi connectivity index (χ2n) is 4.64. The van der Waals surface area contributed by atoms with E-state index in [1.165, 1.54) is 0 Å². The van der Waals surface area contributed by atoms with Gasteiger partial charge in [0.1, 0.15) is 0 Å². The van der Waals surface area contributed by atoms with Crippen molar-refractivity contribution in [2.75, 3.05) is 25.6 Å². The minimum Gasteiger partial charge on any atom is -0.379 e. The summed E-state index contributed by atoms with van der Waals surface area (Å²) in [4.78, 5) is 0. The monoisotopic (exact) mass is 267 g/mol. The van der Waals surface area contributed by atoms with E-state index in [1.807, 2.05) is 27.7 Å². The maximum absolute atomic E-state index is 11.1. The molecule has 17 heavy (non-hydrogen) atoms. The van der Waals surface area contributed by atoms with Gasteiger partial charge in [-0.25, -0.2) is 13.6 Å². The highest BCUT2D eigenvalue weighted by Crippen LogP contribution is 2.14. The first-order valence-electron chi connectivity index (χ1n) is 5.96. The fraction of sp³-hybridized carbons (Fsp3) is 1.00. The van der Waals surface area contributed by atoms with Crippen LogP contribution in [0.4, 0.5) is 0 Å². The minimum atomic E-state index is -3.44. The van der Waals surface area contributed by atoms with Crippen molar-refractivity contribution < 1.29 is 17.9 Å². The molecule has 0 radical (unpaired) electrons. The number of primary sulfonamides is 1. The van der Waals surface area contributed by atoms with Crippen molar-refractivity contribution in [3.8, 4) is 0 Å². The minimum absolute atomic E-state index is 0.0309. The molecule has 2 atom stereocenters. The molecule has 0 saturated carbocycles. The molecule has 5 nitrogen and oxygen atoms in total. The quantitative estimate of drug-likeness (QED) is 0.675. The Labute approximate surface area is 105 Å². The van der Waals surface area contributed by atoms with Gasteiger partial charge in [0.25, 0.3) is 0 Å². The molecule has 6 heteroatoms. The van der Waals surface area contributed by atoms with Gasteiger partial charge in [0, 0.05) is 6.61 Å². The van der Waals surface area contributed by atoms with Gasteiger partial charge in [-0.15, -0.1) is 0 Å². The molecule has 0 saturated heterocycles. The molecule has 0 aromatic heterocycles. The van der Waals surface area contributed by atoms with Gasteiger partial charge in [-0.05, 0) is 25.7 Å². The molecule has 0 aromatic rings. The van der Waals surface area contributed by atoms with Crippen molar-refractivity contribution in [3.05, 3.63) is 0 Å². The first-order valence-corrected chi connectivity index (χ1v) is 7.67. The Hall–Kier alpha value is -0.170. The predicted octanol–water partition coefficient (Wildman–Crippen LogP) is 0.989. The Balaban J connectivity index is 4.10. The Morgan fingerprint density at radius 3 is 2.18 bits per heavy atom. The summed E-state index contributed by atoms with van der Waals surface area (Å²) in [5, 5.41) is 5.05. The van der Waals surface area contributed by atoms with Crippen LogP contribution in [-0.4, -0.2) is 40.1 Å². The SMILES string of the molecule is CCOCC(C)OCC(CS(N)(=O)=O)C(C)C. The lowest BCUT2D eigenvalue weighted by molar-refractivity contribution is -0.0197. The van der Waals surface area contributed by atoms with Crippen LogP contribution in [-0.2, 0) is 19.5 Å². The summed E-state index contributed by atoms with van der Waals surface area (Å²) in [5.41, 5.74) is 0. The van der Waals surface area contributed by atoms with Crippen molar-refractivity contribution in [1.82, 2.24) is 0 Å². The third-order valence-electron chi connectivity index (χ3n) is 2.54. The van der Waals surface area contributed by atoms with Crippen molar-refractivity contribution in [2.24, 2.45) is 17.0 Å². The highest BCUT2D eigenvalue weighted by Gasteiger charge is 2.20. The van der Waals surface area contributed by atoms with Gasteiger partial charge < -0.3 is 9.47 Å².